The van der Waals surface area contributed by atoms with Crippen LogP contribution in [0.4, 0.5) is 5.13 Å². The maximum Gasteiger partial charge on any atom is 0.186 e. The molecule has 20 heavy (non-hydrogen) atoms. The van der Waals surface area contributed by atoms with E-state index in [1.807, 2.05) is 18.4 Å². The van der Waals surface area contributed by atoms with Crippen molar-refractivity contribution < 1.29 is 0 Å². The number of aromatic nitrogens is 1. The fraction of sp³-hybridized carbons (Fsp3) is 0.812. The standard InChI is InChI=1S/C16H25N3S/c1-17-10-14-15(12-7-8-12)18-16(20-14)19-9-3-5-11-4-2-6-13(11)19/h11-13,17H,2-10H2,1H3. The van der Waals surface area contributed by atoms with Gasteiger partial charge in [0.2, 0.25) is 0 Å². The smallest absolute Gasteiger partial charge is 0.186 e. The van der Waals surface area contributed by atoms with Crippen molar-refractivity contribution in [2.75, 3.05) is 18.5 Å². The molecule has 0 aromatic carbocycles. The second-order valence-electron chi connectivity index (χ2n) is 6.70. The SMILES string of the molecule is CNCc1sc(N2CCCC3CCCC32)nc1C1CC1. The van der Waals surface area contributed by atoms with Crippen LogP contribution < -0.4 is 10.2 Å². The Balaban J connectivity index is 1.62. The first-order chi connectivity index (χ1) is 9.86. The van der Waals surface area contributed by atoms with Crippen molar-refractivity contribution in [3.63, 3.8) is 0 Å². The van der Waals surface area contributed by atoms with Crippen LogP contribution in [0.25, 0.3) is 0 Å². The molecule has 0 bridgehead atoms. The summed E-state index contributed by atoms with van der Waals surface area (Å²) in [5.74, 6) is 1.72. The largest absolute Gasteiger partial charge is 0.345 e. The number of hydrogen-bond acceptors (Lipinski definition) is 4. The third-order valence-corrected chi connectivity index (χ3v) is 6.36. The van der Waals surface area contributed by atoms with Gasteiger partial charge in [-0.25, -0.2) is 4.98 Å². The lowest BCUT2D eigenvalue weighted by molar-refractivity contribution is 0.362. The lowest BCUT2D eigenvalue weighted by atomic mass is 9.92. The molecule has 4 rings (SSSR count). The number of piperidine rings is 1. The maximum atomic E-state index is 5.08. The summed E-state index contributed by atoms with van der Waals surface area (Å²) in [6.45, 7) is 2.23. The van der Waals surface area contributed by atoms with Crippen LogP contribution in [-0.4, -0.2) is 24.6 Å². The van der Waals surface area contributed by atoms with E-state index in [0.29, 0.717) is 0 Å². The molecule has 0 amide bonds. The molecule has 1 saturated heterocycles. The van der Waals surface area contributed by atoms with Gasteiger partial charge in [0.15, 0.2) is 5.13 Å². The van der Waals surface area contributed by atoms with Gasteiger partial charge in [0.25, 0.3) is 0 Å². The highest BCUT2D eigenvalue weighted by Gasteiger charge is 2.37. The molecule has 4 heteroatoms. The monoisotopic (exact) mass is 291 g/mol. The number of nitrogens with one attached hydrogen (secondary N) is 1. The second kappa shape index (κ2) is 5.30. The van der Waals surface area contributed by atoms with Crippen molar-refractivity contribution in [1.82, 2.24) is 10.3 Å². The normalized spacial score (nSPS) is 29.8. The quantitative estimate of drug-likeness (QED) is 0.920. The average molecular weight is 291 g/mol. The molecule has 2 unspecified atom stereocenters. The lowest BCUT2D eigenvalue weighted by Gasteiger charge is -2.37. The van der Waals surface area contributed by atoms with Gasteiger partial charge in [-0.15, -0.1) is 11.3 Å². The zero-order valence-corrected chi connectivity index (χ0v) is 13.2. The fourth-order valence-corrected chi connectivity index (χ4v) is 5.37. The van der Waals surface area contributed by atoms with E-state index in [1.54, 1.807) is 0 Å². The summed E-state index contributed by atoms with van der Waals surface area (Å²) in [5, 5.41) is 4.65. The first kappa shape index (κ1) is 13.1. The van der Waals surface area contributed by atoms with Gasteiger partial charge in [0.1, 0.15) is 0 Å². The summed E-state index contributed by atoms with van der Waals surface area (Å²) in [4.78, 5) is 9.23. The number of thiazole rings is 1. The van der Waals surface area contributed by atoms with E-state index in [0.717, 1.165) is 24.4 Å². The fourth-order valence-electron chi connectivity index (χ4n) is 4.13. The van der Waals surface area contributed by atoms with Crippen LogP contribution in [0.3, 0.4) is 0 Å². The van der Waals surface area contributed by atoms with Crippen LogP contribution in [0.2, 0.25) is 0 Å². The van der Waals surface area contributed by atoms with Crippen LogP contribution in [0.5, 0.6) is 0 Å². The predicted octanol–water partition coefficient (Wildman–Crippen LogP) is 3.51. The first-order valence-electron chi connectivity index (χ1n) is 8.27. The molecule has 2 aliphatic carbocycles. The van der Waals surface area contributed by atoms with Crippen LogP contribution in [0, 0.1) is 5.92 Å². The molecule has 3 fully saturated rings. The van der Waals surface area contributed by atoms with Crippen LogP contribution in [0.1, 0.15) is 61.4 Å². The second-order valence-corrected chi connectivity index (χ2v) is 7.77. The van der Waals surface area contributed by atoms with E-state index < -0.39 is 0 Å². The number of rotatable bonds is 4. The Hall–Kier alpha value is -0.610. The lowest BCUT2D eigenvalue weighted by Crippen LogP contribution is -2.42. The minimum absolute atomic E-state index is 0.771. The van der Waals surface area contributed by atoms with Crippen LogP contribution >= 0.6 is 11.3 Å². The average Bonchev–Trinajstić information content (AvgIpc) is 3.04. The molecule has 1 N–H and O–H groups in total. The molecule has 3 aliphatic rings. The summed E-state index contributed by atoms with van der Waals surface area (Å²) in [5.41, 5.74) is 1.42. The number of fused-ring (bicyclic) bond motifs is 1. The van der Waals surface area contributed by atoms with E-state index in [4.69, 9.17) is 4.98 Å². The zero-order chi connectivity index (χ0) is 13.5. The molecule has 0 spiro atoms. The van der Waals surface area contributed by atoms with Gasteiger partial charge in [-0.2, -0.15) is 0 Å². The molecule has 2 saturated carbocycles. The number of hydrogen-bond donors (Lipinski definition) is 1. The van der Waals surface area contributed by atoms with Gasteiger partial charge in [0, 0.05) is 29.9 Å². The molecule has 2 heterocycles. The van der Waals surface area contributed by atoms with Gasteiger partial charge in [-0.05, 0) is 51.5 Å². The van der Waals surface area contributed by atoms with Gasteiger partial charge in [0.05, 0.1) is 5.69 Å². The van der Waals surface area contributed by atoms with Gasteiger partial charge in [-0.1, -0.05) is 6.42 Å². The Morgan fingerprint density at radius 3 is 2.85 bits per heavy atom. The van der Waals surface area contributed by atoms with E-state index in [9.17, 15) is 0 Å². The minimum atomic E-state index is 0.771. The van der Waals surface area contributed by atoms with Crippen molar-refractivity contribution >= 4 is 16.5 Å². The Kier molecular flexibility index (Phi) is 3.47. The van der Waals surface area contributed by atoms with E-state index >= 15 is 0 Å². The Bertz CT molecular complexity index is 480. The molecular weight excluding hydrogens is 266 g/mol. The van der Waals surface area contributed by atoms with E-state index in [2.05, 4.69) is 10.2 Å². The van der Waals surface area contributed by atoms with Crippen molar-refractivity contribution in [2.24, 2.45) is 5.92 Å². The van der Waals surface area contributed by atoms with E-state index in [-0.39, 0.29) is 0 Å². The van der Waals surface area contributed by atoms with Gasteiger partial charge >= 0.3 is 0 Å². The van der Waals surface area contributed by atoms with Crippen molar-refractivity contribution in [3.8, 4) is 0 Å². The predicted molar refractivity (Wildman–Crippen MR) is 84.6 cm³/mol. The molecule has 110 valence electrons. The zero-order valence-electron chi connectivity index (χ0n) is 12.4. The Labute approximate surface area is 125 Å². The van der Waals surface area contributed by atoms with Gasteiger partial charge < -0.3 is 10.2 Å². The highest BCUT2D eigenvalue weighted by Crippen LogP contribution is 2.46. The van der Waals surface area contributed by atoms with Crippen molar-refractivity contribution in [2.45, 2.75) is 63.5 Å². The van der Waals surface area contributed by atoms with Crippen molar-refractivity contribution in [1.29, 1.82) is 0 Å². The number of anilines is 1. The molecule has 1 aliphatic heterocycles. The highest BCUT2D eigenvalue weighted by molar-refractivity contribution is 7.15. The Morgan fingerprint density at radius 1 is 1.20 bits per heavy atom. The van der Waals surface area contributed by atoms with Crippen LogP contribution in [-0.2, 0) is 6.54 Å². The highest BCUT2D eigenvalue weighted by atomic mass is 32.1. The molecule has 1 aromatic rings. The first-order valence-corrected chi connectivity index (χ1v) is 9.09. The topological polar surface area (TPSA) is 28.2 Å². The summed E-state index contributed by atoms with van der Waals surface area (Å²) in [6.07, 6.45) is 9.79. The van der Waals surface area contributed by atoms with Gasteiger partial charge in [-0.3, -0.25) is 0 Å². The summed E-state index contributed by atoms with van der Waals surface area (Å²) < 4.78 is 0. The Morgan fingerprint density at radius 2 is 2.05 bits per heavy atom. The molecule has 1 aromatic heterocycles. The molecule has 3 nitrogen and oxygen atoms in total. The third-order valence-electron chi connectivity index (χ3n) is 5.26. The molecule has 2 atom stereocenters. The number of nitrogens with zero attached hydrogens (tertiary/aromatic N) is 2. The summed E-state index contributed by atoms with van der Waals surface area (Å²) in [6, 6.07) is 0.796. The summed E-state index contributed by atoms with van der Waals surface area (Å²) in [7, 11) is 2.05. The summed E-state index contributed by atoms with van der Waals surface area (Å²) >= 11 is 1.96. The van der Waals surface area contributed by atoms with Crippen molar-refractivity contribution in [3.05, 3.63) is 10.6 Å². The van der Waals surface area contributed by atoms with Crippen LogP contribution in [0.15, 0.2) is 0 Å². The van der Waals surface area contributed by atoms with E-state index in [1.165, 1.54) is 67.2 Å². The minimum Gasteiger partial charge on any atom is -0.345 e. The molecular formula is C16H25N3S. The molecule has 0 radical (unpaired) electrons. The maximum absolute atomic E-state index is 5.08. The third kappa shape index (κ3) is 2.27.